The number of carbonyl (C=O) groups excluding carboxylic acids is 1. The Morgan fingerprint density at radius 2 is 2.04 bits per heavy atom. The molecular weight excluding hydrogens is 332 g/mol. The molecule has 24 heavy (non-hydrogen) atoms. The second-order valence-corrected chi connectivity index (χ2v) is 7.93. The molecule has 2 aliphatic rings. The molecule has 0 bridgehead atoms. The molecule has 1 aromatic carbocycles. The van der Waals surface area contributed by atoms with Gasteiger partial charge in [0.05, 0.1) is 19.0 Å². The van der Waals surface area contributed by atoms with Crippen LogP contribution in [0.2, 0.25) is 0 Å². The Kier molecular flexibility index (Phi) is 5.50. The van der Waals surface area contributed by atoms with Crippen molar-refractivity contribution in [2.75, 3.05) is 38.2 Å². The molecule has 1 unspecified atom stereocenters. The van der Waals surface area contributed by atoms with Gasteiger partial charge in [-0.15, -0.1) is 0 Å². The lowest BCUT2D eigenvalue weighted by Gasteiger charge is -2.26. The Balaban J connectivity index is 1.65. The van der Waals surface area contributed by atoms with Crippen molar-refractivity contribution in [3.63, 3.8) is 0 Å². The second-order valence-electron chi connectivity index (χ2n) is 5.96. The average Bonchev–Trinajstić information content (AvgIpc) is 3.10. The van der Waals surface area contributed by atoms with Crippen LogP contribution in [0.25, 0.3) is 0 Å². The van der Waals surface area contributed by atoms with Gasteiger partial charge in [-0.1, -0.05) is 12.1 Å². The van der Waals surface area contributed by atoms with Crippen molar-refractivity contribution in [1.29, 1.82) is 0 Å². The number of benzene rings is 1. The van der Waals surface area contributed by atoms with Crippen LogP contribution in [-0.4, -0.2) is 57.6 Å². The first-order valence-electron chi connectivity index (χ1n) is 8.11. The van der Waals surface area contributed by atoms with E-state index in [-0.39, 0.29) is 11.7 Å². The summed E-state index contributed by atoms with van der Waals surface area (Å²) in [7, 11) is -3.38. The van der Waals surface area contributed by atoms with Gasteiger partial charge in [-0.3, -0.25) is 4.79 Å². The van der Waals surface area contributed by atoms with E-state index in [1.54, 1.807) is 24.3 Å². The highest BCUT2D eigenvalue weighted by atomic mass is 32.2. The molecule has 0 aliphatic carbocycles. The number of hydrogen-bond donors (Lipinski definition) is 1. The first-order valence-corrected chi connectivity index (χ1v) is 9.72. The molecular formula is C16H22N2O5S. The minimum absolute atomic E-state index is 0.0867. The SMILES string of the molecule is O=C(Nc1cccc(CS(=O)(=O)N2CCOCC2)c1)C1CCCO1. The zero-order chi connectivity index (χ0) is 17.0. The van der Waals surface area contributed by atoms with Gasteiger partial charge >= 0.3 is 0 Å². The molecule has 0 aromatic heterocycles. The van der Waals surface area contributed by atoms with Crippen LogP contribution in [0.3, 0.4) is 0 Å². The van der Waals surface area contributed by atoms with E-state index in [0.29, 0.717) is 44.2 Å². The number of amides is 1. The van der Waals surface area contributed by atoms with Gasteiger partial charge in [0, 0.05) is 25.4 Å². The third-order valence-electron chi connectivity index (χ3n) is 4.13. The van der Waals surface area contributed by atoms with Crippen LogP contribution in [0.5, 0.6) is 0 Å². The molecule has 2 heterocycles. The Hall–Kier alpha value is -1.48. The highest BCUT2D eigenvalue weighted by Crippen LogP contribution is 2.18. The molecule has 1 aromatic rings. The van der Waals surface area contributed by atoms with E-state index < -0.39 is 16.1 Å². The maximum absolute atomic E-state index is 12.5. The predicted octanol–water partition coefficient (Wildman–Crippen LogP) is 0.966. The highest BCUT2D eigenvalue weighted by Gasteiger charge is 2.25. The Labute approximate surface area is 142 Å². The lowest BCUT2D eigenvalue weighted by molar-refractivity contribution is -0.124. The van der Waals surface area contributed by atoms with E-state index in [1.165, 1.54) is 4.31 Å². The van der Waals surface area contributed by atoms with Crippen molar-refractivity contribution in [3.8, 4) is 0 Å². The quantitative estimate of drug-likeness (QED) is 0.852. The number of anilines is 1. The third kappa shape index (κ3) is 4.32. The molecule has 0 spiro atoms. The van der Waals surface area contributed by atoms with E-state index >= 15 is 0 Å². The van der Waals surface area contributed by atoms with Crippen LogP contribution in [0.4, 0.5) is 5.69 Å². The Morgan fingerprint density at radius 1 is 1.25 bits per heavy atom. The molecule has 0 radical (unpaired) electrons. The maximum atomic E-state index is 12.5. The monoisotopic (exact) mass is 354 g/mol. The molecule has 1 N–H and O–H groups in total. The zero-order valence-corrected chi connectivity index (χ0v) is 14.3. The third-order valence-corrected chi connectivity index (χ3v) is 5.98. The molecule has 1 amide bonds. The summed E-state index contributed by atoms with van der Waals surface area (Å²) in [5.74, 6) is -0.267. The summed E-state index contributed by atoms with van der Waals surface area (Å²) >= 11 is 0. The Bertz CT molecular complexity index is 679. The maximum Gasteiger partial charge on any atom is 0.253 e. The van der Waals surface area contributed by atoms with E-state index in [0.717, 1.165) is 12.8 Å². The van der Waals surface area contributed by atoms with E-state index in [1.807, 2.05) is 0 Å². The smallest absolute Gasteiger partial charge is 0.253 e. The molecule has 132 valence electrons. The van der Waals surface area contributed by atoms with Gasteiger partial charge in [0.15, 0.2) is 0 Å². The van der Waals surface area contributed by atoms with Crippen molar-refractivity contribution < 1.29 is 22.7 Å². The molecule has 2 aliphatic heterocycles. The first kappa shape index (κ1) is 17.3. The van der Waals surface area contributed by atoms with Crippen molar-refractivity contribution in [2.24, 2.45) is 0 Å². The van der Waals surface area contributed by atoms with E-state index in [2.05, 4.69) is 5.32 Å². The van der Waals surface area contributed by atoms with Gasteiger partial charge in [-0.2, -0.15) is 4.31 Å². The summed E-state index contributed by atoms with van der Waals surface area (Å²) in [4.78, 5) is 12.1. The van der Waals surface area contributed by atoms with E-state index in [9.17, 15) is 13.2 Å². The number of nitrogens with one attached hydrogen (secondary N) is 1. The number of nitrogens with zero attached hydrogens (tertiary/aromatic N) is 1. The number of hydrogen-bond acceptors (Lipinski definition) is 5. The van der Waals surface area contributed by atoms with Crippen molar-refractivity contribution in [3.05, 3.63) is 29.8 Å². The largest absolute Gasteiger partial charge is 0.379 e. The van der Waals surface area contributed by atoms with Crippen LogP contribution < -0.4 is 5.32 Å². The predicted molar refractivity (Wildman–Crippen MR) is 89.1 cm³/mol. The molecule has 7 nitrogen and oxygen atoms in total. The number of morpholine rings is 1. The molecule has 8 heteroatoms. The lowest BCUT2D eigenvalue weighted by Crippen LogP contribution is -2.41. The van der Waals surface area contributed by atoms with Gasteiger partial charge in [0.1, 0.15) is 6.10 Å². The molecule has 2 saturated heterocycles. The van der Waals surface area contributed by atoms with Crippen molar-refractivity contribution in [1.82, 2.24) is 4.31 Å². The van der Waals surface area contributed by atoms with Gasteiger partial charge < -0.3 is 14.8 Å². The van der Waals surface area contributed by atoms with Crippen molar-refractivity contribution in [2.45, 2.75) is 24.7 Å². The van der Waals surface area contributed by atoms with Gasteiger partial charge in [-0.25, -0.2) is 8.42 Å². The summed E-state index contributed by atoms with van der Waals surface area (Å²) < 4.78 is 36.9. The summed E-state index contributed by atoms with van der Waals surface area (Å²) in [6.07, 6.45) is 1.19. The van der Waals surface area contributed by atoms with Crippen molar-refractivity contribution >= 4 is 21.6 Å². The number of rotatable bonds is 5. The van der Waals surface area contributed by atoms with Crippen LogP contribution in [0.15, 0.2) is 24.3 Å². The number of carbonyl (C=O) groups is 1. The molecule has 0 saturated carbocycles. The van der Waals surface area contributed by atoms with Gasteiger partial charge in [0.25, 0.3) is 5.91 Å². The first-order chi connectivity index (χ1) is 11.5. The normalized spacial score (nSPS) is 22.4. The van der Waals surface area contributed by atoms with E-state index in [4.69, 9.17) is 9.47 Å². The average molecular weight is 354 g/mol. The van der Waals surface area contributed by atoms with Crippen LogP contribution in [0.1, 0.15) is 18.4 Å². The summed E-state index contributed by atoms with van der Waals surface area (Å²) in [6, 6.07) is 6.94. The second kappa shape index (κ2) is 7.60. The van der Waals surface area contributed by atoms with Gasteiger partial charge in [0.2, 0.25) is 10.0 Å². The minimum atomic E-state index is -3.38. The summed E-state index contributed by atoms with van der Waals surface area (Å²) in [6.45, 7) is 2.24. The number of sulfonamides is 1. The molecule has 1 atom stereocenters. The Morgan fingerprint density at radius 3 is 2.75 bits per heavy atom. The summed E-state index contributed by atoms with van der Waals surface area (Å²) in [5.41, 5.74) is 1.23. The van der Waals surface area contributed by atoms with Crippen LogP contribution in [-0.2, 0) is 30.0 Å². The fraction of sp³-hybridized carbons (Fsp3) is 0.562. The molecule has 2 fully saturated rings. The fourth-order valence-electron chi connectivity index (χ4n) is 2.87. The number of ether oxygens (including phenoxy) is 2. The summed E-state index contributed by atoms with van der Waals surface area (Å²) in [5, 5.41) is 2.80. The zero-order valence-electron chi connectivity index (χ0n) is 13.4. The highest BCUT2D eigenvalue weighted by molar-refractivity contribution is 7.88. The van der Waals surface area contributed by atoms with Gasteiger partial charge in [-0.05, 0) is 30.5 Å². The topological polar surface area (TPSA) is 84.9 Å². The fourth-order valence-corrected chi connectivity index (χ4v) is 4.36. The minimum Gasteiger partial charge on any atom is -0.379 e. The standard InChI is InChI=1S/C16H22N2O5S/c19-16(15-5-2-8-23-15)17-14-4-1-3-13(11-14)12-24(20,21)18-6-9-22-10-7-18/h1,3-4,11,15H,2,5-10,12H2,(H,17,19). The van der Waals surface area contributed by atoms with Crippen LogP contribution in [0, 0.1) is 0 Å². The lowest BCUT2D eigenvalue weighted by atomic mass is 10.2. The van der Waals surface area contributed by atoms with Crippen LogP contribution >= 0.6 is 0 Å². The molecule has 3 rings (SSSR count).